The van der Waals surface area contributed by atoms with Crippen LogP contribution in [0.1, 0.15) is 43.2 Å². The van der Waals surface area contributed by atoms with Crippen molar-refractivity contribution in [3.8, 4) is 5.75 Å². The molecule has 0 saturated heterocycles. The van der Waals surface area contributed by atoms with E-state index in [-0.39, 0.29) is 12.3 Å². The van der Waals surface area contributed by atoms with Gasteiger partial charge in [0.25, 0.3) is 0 Å². The van der Waals surface area contributed by atoms with Gasteiger partial charge < -0.3 is 4.74 Å². The molecule has 0 amide bonds. The van der Waals surface area contributed by atoms with Crippen LogP contribution < -0.4 is 4.74 Å². The van der Waals surface area contributed by atoms with Gasteiger partial charge in [-0.2, -0.15) is 5.10 Å². The molecule has 0 N–H and O–H groups in total. The summed E-state index contributed by atoms with van der Waals surface area (Å²) in [6, 6.07) is 10.3. The zero-order valence-electron chi connectivity index (χ0n) is 13.2. The number of hydrazone groups is 1. The first kappa shape index (κ1) is 15.0. The Balaban J connectivity index is 1.73. The molecule has 1 aromatic carbocycles. The molecule has 4 rings (SSSR count). The molecule has 3 nitrogen and oxygen atoms in total. The topological polar surface area (TPSA) is 24.8 Å². The Hall–Kier alpha value is -1.52. The Morgan fingerprint density at radius 2 is 2.26 bits per heavy atom. The Bertz CT molecular complexity index is 741. The van der Waals surface area contributed by atoms with Gasteiger partial charge in [-0.1, -0.05) is 31.5 Å². The molecule has 2 unspecified atom stereocenters. The molecular formula is C18H19ClN2OS. The van der Waals surface area contributed by atoms with Crippen molar-refractivity contribution in [2.24, 2.45) is 11.0 Å². The SMILES string of the molecule is CC(C)CC1Oc2ccc(Cl)cc2C2CC(c3cccs3)=NN12. The largest absolute Gasteiger partial charge is 0.469 e. The smallest absolute Gasteiger partial charge is 0.188 e. The fraction of sp³-hybridized carbons (Fsp3) is 0.389. The minimum atomic E-state index is -0.00821. The maximum Gasteiger partial charge on any atom is 0.188 e. The fourth-order valence-electron chi connectivity index (χ4n) is 3.28. The molecule has 0 fully saturated rings. The van der Waals surface area contributed by atoms with Crippen LogP contribution in [0, 0.1) is 5.92 Å². The summed E-state index contributed by atoms with van der Waals surface area (Å²) < 4.78 is 6.24. The summed E-state index contributed by atoms with van der Waals surface area (Å²) in [7, 11) is 0. The molecular weight excluding hydrogens is 328 g/mol. The number of rotatable bonds is 3. The van der Waals surface area contributed by atoms with E-state index >= 15 is 0 Å². The van der Waals surface area contributed by atoms with Gasteiger partial charge in [0.15, 0.2) is 6.23 Å². The van der Waals surface area contributed by atoms with Gasteiger partial charge in [0.05, 0.1) is 16.6 Å². The van der Waals surface area contributed by atoms with Crippen LogP contribution in [0.15, 0.2) is 40.8 Å². The Morgan fingerprint density at radius 1 is 1.39 bits per heavy atom. The first-order chi connectivity index (χ1) is 11.1. The summed E-state index contributed by atoms with van der Waals surface area (Å²) >= 11 is 7.96. The Morgan fingerprint density at radius 3 is 3.00 bits per heavy atom. The number of thiophene rings is 1. The van der Waals surface area contributed by atoms with E-state index in [1.54, 1.807) is 11.3 Å². The quantitative estimate of drug-likeness (QED) is 0.751. The monoisotopic (exact) mass is 346 g/mol. The summed E-state index contributed by atoms with van der Waals surface area (Å²) in [5.41, 5.74) is 2.29. The number of halogens is 1. The lowest BCUT2D eigenvalue weighted by Gasteiger charge is -2.38. The molecule has 0 spiro atoms. The maximum absolute atomic E-state index is 6.24. The molecule has 0 radical (unpaired) electrons. The molecule has 2 aliphatic rings. The lowest BCUT2D eigenvalue weighted by Crippen LogP contribution is -2.41. The molecule has 1 aromatic heterocycles. The third kappa shape index (κ3) is 2.74. The zero-order valence-corrected chi connectivity index (χ0v) is 14.8. The van der Waals surface area contributed by atoms with Gasteiger partial charge >= 0.3 is 0 Å². The summed E-state index contributed by atoms with van der Waals surface area (Å²) in [6.07, 6.45) is 1.86. The number of hydrogen-bond donors (Lipinski definition) is 0. The van der Waals surface area contributed by atoms with Crippen molar-refractivity contribution in [2.45, 2.75) is 39.0 Å². The van der Waals surface area contributed by atoms with Crippen molar-refractivity contribution < 1.29 is 4.74 Å². The molecule has 3 heterocycles. The first-order valence-electron chi connectivity index (χ1n) is 7.97. The van der Waals surface area contributed by atoms with Gasteiger partial charge in [-0.05, 0) is 35.6 Å². The lowest BCUT2D eigenvalue weighted by molar-refractivity contribution is -0.0291. The molecule has 120 valence electrons. The van der Waals surface area contributed by atoms with Crippen molar-refractivity contribution >= 4 is 28.6 Å². The third-order valence-corrected chi connectivity index (χ3v) is 5.46. The van der Waals surface area contributed by atoms with E-state index in [2.05, 4.69) is 36.4 Å². The summed E-state index contributed by atoms with van der Waals surface area (Å²) in [5, 5.41) is 9.90. The second-order valence-electron chi connectivity index (χ2n) is 6.51. The van der Waals surface area contributed by atoms with Gasteiger partial charge in [0.2, 0.25) is 0 Å². The highest BCUT2D eigenvalue weighted by atomic mass is 35.5. The molecule has 2 aliphatic heterocycles. The fourth-order valence-corrected chi connectivity index (χ4v) is 4.19. The van der Waals surface area contributed by atoms with Crippen molar-refractivity contribution in [3.05, 3.63) is 51.2 Å². The summed E-state index contributed by atoms with van der Waals surface area (Å²) in [6.45, 7) is 4.44. The highest BCUT2D eigenvalue weighted by molar-refractivity contribution is 7.12. The molecule has 0 saturated carbocycles. The zero-order chi connectivity index (χ0) is 16.0. The molecule has 0 bridgehead atoms. The number of fused-ring (bicyclic) bond motifs is 3. The van der Waals surface area contributed by atoms with Crippen LogP contribution in [0.3, 0.4) is 0 Å². The number of benzene rings is 1. The van der Waals surface area contributed by atoms with Crippen LogP contribution in [-0.4, -0.2) is 16.9 Å². The predicted octanol–water partition coefficient (Wildman–Crippen LogP) is 5.32. The van der Waals surface area contributed by atoms with Gasteiger partial charge in [-0.3, -0.25) is 5.01 Å². The molecule has 2 atom stereocenters. The van der Waals surface area contributed by atoms with Gasteiger partial charge in [0, 0.05) is 23.4 Å². The van der Waals surface area contributed by atoms with E-state index in [1.807, 2.05) is 18.2 Å². The Kier molecular flexibility index (Phi) is 3.82. The highest BCUT2D eigenvalue weighted by Gasteiger charge is 2.40. The average molecular weight is 347 g/mol. The normalized spacial score (nSPS) is 22.6. The number of nitrogens with zero attached hydrogens (tertiary/aromatic N) is 2. The molecule has 0 aliphatic carbocycles. The van der Waals surface area contributed by atoms with Crippen molar-refractivity contribution in [3.63, 3.8) is 0 Å². The third-order valence-electron chi connectivity index (χ3n) is 4.31. The predicted molar refractivity (Wildman–Crippen MR) is 95.4 cm³/mol. The highest BCUT2D eigenvalue weighted by Crippen LogP contribution is 2.45. The van der Waals surface area contributed by atoms with Crippen LogP contribution in [0.5, 0.6) is 5.75 Å². The number of hydrogen-bond acceptors (Lipinski definition) is 4. The number of ether oxygens (including phenoxy) is 1. The molecule has 23 heavy (non-hydrogen) atoms. The summed E-state index contributed by atoms with van der Waals surface area (Å²) in [5.74, 6) is 1.50. The Labute approximate surface area is 145 Å². The second-order valence-corrected chi connectivity index (χ2v) is 7.89. The van der Waals surface area contributed by atoms with E-state index in [1.165, 1.54) is 4.88 Å². The standard InChI is InChI=1S/C18H19ClN2OS/c1-11(2)8-18-21-15(10-14(20-21)17-4-3-7-23-17)13-9-12(19)5-6-16(13)22-18/h3-7,9,11,15,18H,8,10H2,1-2H3. The van der Waals surface area contributed by atoms with Crippen molar-refractivity contribution in [1.82, 2.24) is 5.01 Å². The van der Waals surface area contributed by atoms with Crippen LogP contribution in [-0.2, 0) is 0 Å². The van der Waals surface area contributed by atoms with Crippen LogP contribution in [0.25, 0.3) is 0 Å². The van der Waals surface area contributed by atoms with Crippen LogP contribution in [0.2, 0.25) is 5.02 Å². The van der Waals surface area contributed by atoms with Gasteiger partial charge in [-0.25, -0.2) is 0 Å². The minimum absolute atomic E-state index is 0.00821. The van der Waals surface area contributed by atoms with Gasteiger partial charge in [0.1, 0.15) is 5.75 Å². The molecule has 5 heteroatoms. The van der Waals surface area contributed by atoms with E-state index in [9.17, 15) is 0 Å². The average Bonchev–Trinajstić information content (AvgIpc) is 3.16. The van der Waals surface area contributed by atoms with E-state index in [0.717, 1.165) is 34.9 Å². The molecule has 2 aromatic rings. The van der Waals surface area contributed by atoms with Crippen LogP contribution >= 0.6 is 22.9 Å². The van der Waals surface area contributed by atoms with Crippen LogP contribution in [0.4, 0.5) is 0 Å². The van der Waals surface area contributed by atoms with Crippen molar-refractivity contribution in [1.29, 1.82) is 0 Å². The summed E-state index contributed by atoms with van der Waals surface area (Å²) in [4.78, 5) is 1.24. The van der Waals surface area contributed by atoms with E-state index in [4.69, 9.17) is 21.4 Å². The lowest BCUT2D eigenvalue weighted by atomic mass is 9.97. The second kappa shape index (κ2) is 5.84. The van der Waals surface area contributed by atoms with E-state index < -0.39 is 0 Å². The van der Waals surface area contributed by atoms with Gasteiger partial charge in [-0.15, -0.1) is 11.3 Å². The minimum Gasteiger partial charge on any atom is -0.469 e. The van der Waals surface area contributed by atoms with E-state index in [0.29, 0.717) is 5.92 Å². The van der Waals surface area contributed by atoms with Crippen molar-refractivity contribution in [2.75, 3.05) is 0 Å². The maximum atomic E-state index is 6.24. The first-order valence-corrected chi connectivity index (χ1v) is 9.23.